The topological polar surface area (TPSA) is 104 Å². The number of fused-ring (bicyclic) bond motifs is 5. The third-order valence-corrected chi connectivity index (χ3v) is 10.4. The molecule has 0 spiro atoms. The zero-order chi connectivity index (χ0) is 28.1. The van der Waals surface area contributed by atoms with Crippen LogP contribution in [0, 0.1) is 23.6 Å². The van der Waals surface area contributed by atoms with Crippen molar-refractivity contribution >= 4 is 63.3 Å². The van der Waals surface area contributed by atoms with E-state index in [-0.39, 0.29) is 29.8 Å². The fraction of sp³-hybridized carbons (Fsp3) is 0.267. The summed E-state index contributed by atoms with van der Waals surface area (Å²) in [5.41, 5.74) is 0.945. The molecule has 4 aliphatic rings. The Kier molecular flexibility index (Phi) is 5.29. The SMILES string of the molecule is O=C1NC(=O)[C@H]2CC=C3[C@@H](C[C@@]4(Cl)C(=O)N(c5ccc(F)cc5)C(=O)[C@@]4(Cl)[C@H]3c3ccc4ccccc4c3O)[C@@H]12. The van der Waals surface area contributed by atoms with Crippen molar-refractivity contribution in [3.05, 3.63) is 83.7 Å². The molecule has 2 saturated heterocycles. The van der Waals surface area contributed by atoms with Gasteiger partial charge in [-0.15, -0.1) is 23.2 Å². The molecule has 1 saturated carbocycles. The Morgan fingerprint density at radius 2 is 1.62 bits per heavy atom. The van der Waals surface area contributed by atoms with Gasteiger partial charge in [-0.1, -0.05) is 48.0 Å². The van der Waals surface area contributed by atoms with Crippen molar-refractivity contribution in [3.63, 3.8) is 0 Å². The Labute approximate surface area is 237 Å². The fourth-order valence-corrected chi connectivity index (χ4v) is 8.09. The molecule has 7 nitrogen and oxygen atoms in total. The molecule has 3 fully saturated rings. The number of nitrogens with zero attached hydrogens (tertiary/aromatic N) is 1. The van der Waals surface area contributed by atoms with Gasteiger partial charge in [0.25, 0.3) is 11.8 Å². The smallest absolute Gasteiger partial charge is 0.258 e. The largest absolute Gasteiger partial charge is 0.507 e. The van der Waals surface area contributed by atoms with Crippen LogP contribution in [0.4, 0.5) is 10.1 Å². The highest BCUT2D eigenvalue weighted by molar-refractivity contribution is 6.58. The summed E-state index contributed by atoms with van der Waals surface area (Å²) in [5, 5.41) is 15.2. The van der Waals surface area contributed by atoms with E-state index in [1.54, 1.807) is 30.3 Å². The highest BCUT2D eigenvalue weighted by atomic mass is 35.5. The van der Waals surface area contributed by atoms with Gasteiger partial charge in [0.2, 0.25) is 11.8 Å². The molecular formula is C30H21Cl2FN2O5. The van der Waals surface area contributed by atoms with Gasteiger partial charge in [0.05, 0.1) is 17.5 Å². The second-order valence-corrected chi connectivity index (χ2v) is 12.1. The molecule has 2 N–H and O–H groups in total. The number of carbonyl (C=O) groups is 4. The van der Waals surface area contributed by atoms with E-state index in [2.05, 4.69) is 5.32 Å². The number of carbonyl (C=O) groups excluding carboxylic acids is 4. The first-order chi connectivity index (χ1) is 19.1. The number of halogens is 3. The van der Waals surface area contributed by atoms with Gasteiger partial charge in [-0.3, -0.25) is 24.5 Å². The molecule has 7 rings (SSSR count). The average molecular weight is 579 g/mol. The van der Waals surface area contributed by atoms with Crippen LogP contribution in [0.2, 0.25) is 0 Å². The highest BCUT2D eigenvalue weighted by Gasteiger charge is 2.76. The number of hydrogen-bond donors (Lipinski definition) is 2. The Bertz CT molecular complexity index is 1710. The summed E-state index contributed by atoms with van der Waals surface area (Å²) in [7, 11) is 0. The Morgan fingerprint density at radius 1 is 0.900 bits per heavy atom. The molecule has 0 unspecified atom stereocenters. The van der Waals surface area contributed by atoms with Crippen LogP contribution in [-0.4, -0.2) is 38.5 Å². The van der Waals surface area contributed by atoms with Gasteiger partial charge in [0.15, 0.2) is 9.75 Å². The minimum absolute atomic E-state index is 0.0935. The van der Waals surface area contributed by atoms with Crippen LogP contribution in [0.15, 0.2) is 72.3 Å². The highest BCUT2D eigenvalue weighted by Crippen LogP contribution is 2.66. The number of imide groups is 2. The predicted molar refractivity (Wildman–Crippen MR) is 145 cm³/mol. The van der Waals surface area contributed by atoms with E-state index in [1.807, 2.05) is 12.1 Å². The van der Waals surface area contributed by atoms with E-state index in [0.717, 1.165) is 22.4 Å². The van der Waals surface area contributed by atoms with Crippen molar-refractivity contribution in [1.29, 1.82) is 0 Å². The van der Waals surface area contributed by atoms with Gasteiger partial charge >= 0.3 is 0 Å². The van der Waals surface area contributed by atoms with Crippen molar-refractivity contribution in [2.75, 3.05) is 4.90 Å². The van der Waals surface area contributed by atoms with Crippen LogP contribution < -0.4 is 10.2 Å². The summed E-state index contributed by atoms with van der Waals surface area (Å²) in [6.45, 7) is 0. The molecule has 10 heteroatoms. The molecule has 2 aliphatic heterocycles. The quantitative estimate of drug-likeness (QED) is 0.264. The summed E-state index contributed by atoms with van der Waals surface area (Å²) in [5.74, 6) is -6.43. The van der Waals surface area contributed by atoms with Gasteiger partial charge in [0.1, 0.15) is 11.6 Å². The summed E-state index contributed by atoms with van der Waals surface area (Å²) in [6, 6.07) is 15.4. The third kappa shape index (κ3) is 3.06. The summed E-state index contributed by atoms with van der Waals surface area (Å²) >= 11 is 14.5. The van der Waals surface area contributed by atoms with Crippen molar-refractivity contribution < 1.29 is 28.7 Å². The number of hydrogen-bond acceptors (Lipinski definition) is 5. The lowest BCUT2D eigenvalue weighted by atomic mass is 9.56. The van der Waals surface area contributed by atoms with Crippen LogP contribution in [0.25, 0.3) is 10.8 Å². The van der Waals surface area contributed by atoms with Gasteiger partial charge < -0.3 is 5.11 Å². The normalized spacial score (nSPS) is 33.0. The molecule has 3 aromatic rings. The maximum Gasteiger partial charge on any atom is 0.258 e. The Balaban J connectivity index is 1.49. The number of alkyl halides is 2. The van der Waals surface area contributed by atoms with E-state index >= 15 is 0 Å². The third-order valence-electron chi connectivity index (χ3n) is 8.98. The molecule has 4 amide bonds. The van der Waals surface area contributed by atoms with E-state index in [4.69, 9.17) is 23.2 Å². The van der Waals surface area contributed by atoms with E-state index in [1.165, 1.54) is 12.1 Å². The maximum absolute atomic E-state index is 14.3. The number of benzene rings is 3. The number of nitrogens with one attached hydrogen (secondary N) is 1. The van der Waals surface area contributed by atoms with Gasteiger partial charge in [0, 0.05) is 16.9 Å². The number of allylic oxidation sites excluding steroid dienone is 2. The lowest BCUT2D eigenvalue weighted by Crippen LogP contribution is -2.60. The molecule has 0 bridgehead atoms. The van der Waals surface area contributed by atoms with Crippen LogP contribution in [0.3, 0.4) is 0 Å². The Hall–Kier alpha value is -3.75. The predicted octanol–water partition coefficient (Wildman–Crippen LogP) is 4.54. The fourth-order valence-electron chi connectivity index (χ4n) is 7.16. The first-order valence-corrected chi connectivity index (χ1v) is 13.6. The van der Waals surface area contributed by atoms with Gasteiger partial charge in [-0.25, -0.2) is 9.29 Å². The minimum atomic E-state index is -2.10. The molecule has 2 heterocycles. The van der Waals surface area contributed by atoms with Crippen LogP contribution in [-0.2, 0) is 19.2 Å². The van der Waals surface area contributed by atoms with Crippen molar-refractivity contribution in [2.24, 2.45) is 17.8 Å². The number of amides is 4. The lowest BCUT2D eigenvalue weighted by molar-refractivity contribution is -0.127. The van der Waals surface area contributed by atoms with Crippen LogP contribution in [0.1, 0.15) is 24.3 Å². The molecule has 2 aliphatic carbocycles. The molecular weight excluding hydrogens is 558 g/mol. The first kappa shape index (κ1) is 25.2. The van der Waals surface area contributed by atoms with Crippen LogP contribution >= 0.6 is 23.2 Å². The lowest BCUT2D eigenvalue weighted by Gasteiger charge is -2.50. The minimum Gasteiger partial charge on any atom is -0.507 e. The number of aromatic hydroxyl groups is 1. The number of phenolic OH excluding ortho intramolecular Hbond substituents is 1. The second kappa shape index (κ2) is 8.38. The molecule has 0 aromatic heterocycles. The molecule has 202 valence electrons. The first-order valence-electron chi connectivity index (χ1n) is 12.9. The number of rotatable bonds is 2. The molecule has 3 aromatic carbocycles. The standard InChI is InChI=1S/C30H21Cl2FN2O5/c31-29-13-21-18(11-12-19-22(21)26(38)34-25(19)37)23(20-10-5-14-3-1-2-4-17(14)24(20)36)30(29,32)28(40)35(27(29)39)16-8-6-15(33)7-9-16/h1-11,19,21-23,36H,12-13H2,(H,34,37,38)/t19-,21+,22-,23+,29+,30-/m0/s1. The number of anilines is 1. The zero-order valence-electron chi connectivity index (χ0n) is 20.7. The van der Waals surface area contributed by atoms with Crippen molar-refractivity contribution in [3.8, 4) is 5.75 Å². The van der Waals surface area contributed by atoms with Crippen LogP contribution in [0.5, 0.6) is 5.75 Å². The van der Waals surface area contributed by atoms with E-state index < -0.39 is 62.9 Å². The molecule has 40 heavy (non-hydrogen) atoms. The summed E-state index contributed by atoms with van der Waals surface area (Å²) in [6.07, 6.45) is 1.84. The van der Waals surface area contributed by atoms with Gasteiger partial charge in [-0.05, 0) is 48.4 Å². The molecule has 0 radical (unpaired) electrons. The van der Waals surface area contributed by atoms with Crippen molar-refractivity contribution in [1.82, 2.24) is 5.32 Å². The number of phenols is 1. The van der Waals surface area contributed by atoms with E-state index in [9.17, 15) is 28.7 Å². The summed E-state index contributed by atoms with van der Waals surface area (Å²) in [4.78, 5) is 50.7. The van der Waals surface area contributed by atoms with Crippen molar-refractivity contribution in [2.45, 2.75) is 28.5 Å². The van der Waals surface area contributed by atoms with E-state index in [0.29, 0.717) is 11.0 Å². The monoisotopic (exact) mass is 578 g/mol. The second-order valence-electron chi connectivity index (χ2n) is 10.8. The van der Waals surface area contributed by atoms with Gasteiger partial charge in [-0.2, -0.15) is 0 Å². The molecule has 6 atom stereocenters. The average Bonchev–Trinajstić information content (AvgIpc) is 3.31. The maximum atomic E-state index is 14.3. The Morgan fingerprint density at radius 3 is 2.38 bits per heavy atom. The zero-order valence-corrected chi connectivity index (χ0v) is 22.2. The summed E-state index contributed by atoms with van der Waals surface area (Å²) < 4.78 is 13.7.